The van der Waals surface area contributed by atoms with E-state index in [0.717, 1.165) is 44.2 Å². The van der Waals surface area contributed by atoms with Crippen LogP contribution in [0.25, 0.3) is 0 Å². The highest BCUT2D eigenvalue weighted by atomic mass is 16.2. The van der Waals surface area contributed by atoms with Crippen LogP contribution in [0.1, 0.15) is 72.1 Å². The Balaban J connectivity index is 1.55. The molecule has 1 aromatic rings. The molecular formula is C26H39N3O2. The maximum Gasteiger partial charge on any atom is 0.248 e. The van der Waals surface area contributed by atoms with E-state index in [1.165, 1.54) is 12.8 Å². The van der Waals surface area contributed by atoms with Gasteiger partial charge in [0.1, 0.15) is 6.54 Å². The molecule has 0 aromatic heterocycles. The van der Waals surface area contributed by atoms with Gasteiger partial charge in [0.25, 0.3) is 0 Å². The topological polar surface area (TPSA) is 52.7 Å². The van der Waals surface area contributed by atoms with Crippen molar-refractivity contribution in [2.45, 2.75) is 78.2 Å². The van der Waals surface area contributed by atoms with E-state index < -0.39 is 0 Å². The number of nitrogens with one attached hydrogen (secondary N) is 1. The number of anilines is 1. The molecule has 3 unspecified atom stereocenters. The SMILES string of the molecule is CNN(CC(=O)N(c1ccccc1)C1CCCCC1)C(=O)C1C2(C)CCC(C2)C1(C)C. The Kier molecular flexibility index (Phi) is 6.17. The van der Waals surface area contributed by atoms with Crippen LogP contribution in [-0.4, -0.2) is 36.5 Å². The zero-order chi connectivity index (χ0) is 22.2. The smallest absolute Gasteiger partial charge is 0.248 e. The number of hydrogen-bond donors (Lipinski definition) is 1. The van der Waals surface area contributed by atoms with Crippen LogP contribution in [0.5, 0.6) is 0 Å². The van der Waals surface area contributed by atoms with Crippen molar-refractivity contribution >= 4 is 17.5 Å². The lowest BCUT2D eigenvalue weighted by Crippen LogP contribution is -2.55. The number of rotatable bonds is 6. The maximum absolute atomic E-state index is 13.8. The van der Waals surface area contributed by atoms with Gasteiger partial charge in [0.2, 0.25) is 11.8 Å². The first kappa shape index (κ1) is 22.3. The molecule has 1 N–H and O–H groups in total. The van der Waals surface area contributed by atoms with Gasteiger partial charge in [0.15, 0.2) is 0 Å². The van der Waals surface area contributed by atoms with Gasteiger partial charge in [-0.2, -0.15) is 0 Å². The van der Waals surface area contributed by atoms with Crippen LogP contribution in [-0.2, 0) is 9.59 Å². The van der Waals surface area contributed by atoms with Crippen molar-refractivity contribution < 1.29 is 9.59 Å². The molecule has 5 nitrogen and oxygen atoms in total. The first-order chi connectivity index (χ1) is 14.8. The summed E-state index contributed by atoms with van der Waals surface area (Å²) in [5.41, 5.74) is 4.03. The van der Waals surface area contributed by atoms with Crippen molar-refractivity contribution in [3.05, 3.63) is 30.3 Å². The van der Waals surface area contributed by atoms with E-state index in [0.29, 0.717) is 5.92 Å². The molecule has 0 radical (unpaired) electrons. The van der Waals surface area contributed by atoms with Crippen molar-refractivity contribution in [3.8, 4) is 0 Å². The fourth-order valence-electron chi connectivity index (χ4n) is 7.04. The quantitative estimate of drug-likeness (QED) is 0.668. The predicted octanol–water partition coefficient (Wildman–Crippen LogP) is 4.78. The summed E-state index contributed by atoms with van der Waals surface area (Å²) in [7, 11) is 1.77. The van der Waals surface area contributed by atoms with Gasteiger partial charge in [-0.3, -0.25) is 14.6 Å². The molecule has 3 saturated carbocycles. The van der Waals surface area contributed by atoms with E-state index in [1.54, 1.807) is 12.1 Å². The summed E-state index contributed by atoms with van der Waals surface area (Å²) >= 11 is 0. The second-order valence-corrected chi connectivity index (χ2v) is 10.9. The van der Waals surface area contributed by atoms with Gasteiger partial charge in [0, 0.05) is 18.8 Å². The minimum Gasteiger partial charge on any atom is -0.308 e. The Bertz CT molecular complexity index is 797. The second-order valence-electron chi connectivity index (χ2n) is 10.9. The molecule has 3 aliphatic carbocycles. The minimum atomic E-state index is -0.0427. The van der Waals surface area contributed by atoms with Crippen molar-refractivity contribution in [2.24, 2.45) is 22.7 Å². The van der Waals surface area contributed by atoms with Gasteiger partial charge in [-0.05, 0) is 61.0 Å². The Hall–Kier alpha value is -1.88. The van der Waals surface area contributed by atoms with Gasteiger partial charge in [-0.1, -0.05) is 58.2 Å². The molecule has 4 rings (SSSR count). The van der Waals surface area contributed by atoms with Crippen LogP contribution in [0.2, 0.25) is 0 Å². The molecule has 0 heterocycles. The van der Waals surface area contributed by atoms with E-state index in [4.69, 9.17) is 0 Å². The number of benzene rings is 1. The molecule has 170 valence electrons. The van der Waals surface area contributed by atoms with E-state index in [2.05, 4.69) is 26.2 Å². The van der Waals surface area contributed by atoms with E-state index in [9.17, 15) is 9.59 Å². The number of para-hydroxylation sites is 1. The summed E-state index contributed by atoms with van der Waals surface area (Å²) in [4.78, 5) is 29.3. The molecule has 2 amide bonds. The fraction of sp³-hybridized carbons (Fsp3) is 0.692. The lowest BCUT2D eigenvalue weighted by Gasteiger charge is -2.44. The monoisotopic (exact) mass is 425 g/mol. The molecule has 3 atom stereocenters. The normalized spacial score (nSPS) is 29.7. The highest BCUT2D eigenvalue weighted by Gasteiger charge is 2.62. The van der Waals surface area contributed by atoms with Crippen LogP contribution in [0, 0.1) is 22.7 Å². The first-order valence-corrected chi connectivity index (χ1v) is 12.1. The summed E-state index contributed by atoms with van der Waals surface area (Å²) in [6.07, 6.45) is 9.08. The standard InChI is InChI=1S/C26H39N3O2/c1-25(2)19-15-16-26(3,17-19)23(25)24(31)28(27-4)18-22(30)29(20-11-7-5-8-12-20)21-13-9-6-10-14-21/h5,7-8,11-12,19,21,23,27H,6,9-10,13-18H2,1-4H3. The zero-order valence-electron chi connectivity index (χ0n) is 19.7. The Morgan fingerprint density at radius 3 is 2.29 bits per heavy atom. The molecule has 31 heavy (non-hydrogen) atoms. The van der Waals surface area contributed by atoms with Crippen molar-refractivity contribution in [2.75, 3.05) is 18.5 Å². The molecule has 3 fully saturated rings. The first-order valence-electron chi connectivity index (χ1n) is 12.1. The molecule has 3 aliphatic rings. The third-order valence-corrected chi connectivity index (χ3v) is 8.59. The van der Waals surface area contributed by atoms with Crippen LogP contribution in [0.4, 0.5) is 5.69 Å². The second kappa shape index (κ2) is 8.57. The number of carbonyl (C=O) groups excluding carboxylic acids is 2. The van der Waals surface area contributed by atoms with Gasteiger partial charge in [-0.15, -0.1) is 0 Å². The van der Waals surface area contributed by atoms with E-state index in [1.807, 2.05) is 35.2 Å². The van der Waals surface area contributed by atoms with Crippen molar-refractivity contribution in [3.63, 3.8) is 0 Å². The third-order valence-electron chi connectivity index (χ3n) is 8.59. The van der Waals surface area contributed by atoms with Crippen LogP contribution in [0.3, 0.4) is 0 Å². The Morgan fingerprint density at radius 1 is 1.03 bits per heavy atom. The van der Waals surface area contributed by atoms with Crippen LogP contribution >= 0.6 is 0 Å². The fourth-order valence-corrected chi connectivity index (χ4v) is 7.04. The van der Waals surface area contributed by atoms with Gasteiger partial charge >= 0.3 is 0 Å². The number of hydrazine groups is 1. The molecule has 0 spiro atoms. The number of carbonyl (C=O) groups is 2. The average Bonchev–Trinajstić information content (AvgIpc) is 3.24. The van der Waals surface area contributed by atoms with Gasteiger partial charge < -0.3 is 4.90 Å². The number of nitrogens with zero attached hydrogens (tertiary/aromatic N) is 2. The minimum absolute atomic E-state index is 0.00640. The Labute approximate surface area is 187 Å². The number of hydrogen-bond acceptors (Lipinski definition) is 3. The molecule has 0 aliphatic heterocycles. The lowest BCUT2D eigenvalue weighted by atomic mass is 9.63. The summed E-state index contributed by atoms with van der Waals surface area (Å²) in [5, 5.41) is 1.60. The maximum atomic E-state index is 13.8. The van der Waals surface area contributed by atoms with Gasteiger partial charge in [0.05, 0.1) is 5.92 Å². The molecular weight excluding hydrogens is 386 g/mol. The molecule has 1 aromatic carbocycles. The third kappa shape index (κ3) is 4.02. The average molecular weight is 426 g/mol. The summed E-state index contributed by atoms with van der Waals surface area (Å²) < 4.78 is 0. The summed E-state index contributed by atoms with van der Waals surface area (Å²) in [5.74, 6) is 0.650. The largest absolute Gasteiger partial charge is 0.308 e. The number of fused-ring (bicyclic) bond motifs is 2. The highest BCUT2D eigenvalue weighted by molar-refractivity contribution is 5.97. The molecule has 0 saturated heterocycles. The van der Waals surface area contributed by atoms with E-state index >= 15 is 0 Å². The number of amides is 2. The highest BCUT2D eigenvalue weighted by Crippen LogP contribution is 2.66. The van der Waals surface area contributed by atoms with Crippen LogP contribution in [0.15, 0.2) is 30.3 Å². The predicted molar refractivity (Wildman–Crippen MR) is 124 cm³/mol. The Morgan fingerprint density at radius 2 is 1.71 bits per heavy atom. The molecule has 2 bridgehead atoms. The van der Waals surface area contributed by atoms with Crippen LogP contribution < -0.4 is 10.3 Å². The van der Waals surface area contributed by atoms with Crippen molar-refractivity contribution in [1.82, 2.24) is 10.4 Å². The summed E-state index contributed by atoms with van der Waals surface area (Å²) in [6, 6.07) is 10.2. The summed E-state index contributed by atoms with van der Waals surface area (Å²) in [6.45, 7) is 6.85. The van der Waals surface area contributed by atoms with Gasteiger partial charge in [-0.25, -0.2) is 5.43 Å². The lowest BCUT2D eigenvalue weighted by molar-refractivity contribution is -0.150. The zero-order valence-corrected chi connectivity index (χ0v) is 19.7. The van der Waals surface area contributed by atoms with Crippen molar-refractivity contribution in [1.29, 1.82) is 0 Å². The van der Waals surface area contributed by atoms with E-state index in [-0.39, 0.29) is 41.1 Å². The molecule has 5 heteroatoms.